The molecule has 2 heterocycles. The Morgan fingerprint density at radius 1 is 1.29 bits per heavy atom. The van der Waals surface area contributed by atoms with Crippen LogP contribution in [0.15, 0.2) is 34.0 Å². The number of rotatable bonds is 5. The first kappa shape index (κ1) is 20.3. The number of benzene rings is 1. The molecule has 7 nitrogen and oxygen atoms in total. The lowest BCUT2D eigenvalue weighted by Crippen LogP contribution is -2.27. The fraction of sp³-hybridized carbons (Fsp3) is 0.263. The lowest BCUT2D eigenvalue weighted by molar-refractivity contribution is 0.199. The first-order valence-corrected chi connectivity index (χ1v) is 9.52. The molecule has 1 aromatic carbocycles. The number of aromatic nitrogens is 2. The Kier molecular flexibility index (Phi) is 5.75. The highest BCUT2D eigenvalue weighted by atomic mass is 127. The summed E-state index contributed by atoms with van der Waals surface area (Å²) in [4.78, 5) is 25.8. The molecule has 0 spiro atoms. The van der Waals surface area contributed by atoms with Gasteiger partial charge in [-0.25, -0.2) is 4.39 Å². The molecule has 0 atom stereocenters. The van der Waals surface area contributed by atoms with E-state index in [9.17, 15) is 14.0 Å². The molecular formula is C19H19FIN3O4. The molecule has 0 aliphatic heterocycles. The minimum Gasteiger partial charge on any atom is -0.486 e. The van der Waals surface area contributed by atoms with E-state index < -0.39 is 11.2 Å². The van der Waals surface area contributed by atoms with Gasteiger partial charge in [0.05, 0.1) is 29.6 Å². The van der Waals surface area contributed by atoms with Gasteiger partial charge in [0.15, 0.2) is 5.75 Å². The van der Waals surface area contributed by atoms with Gasteiger partial charge in [-0.05, 0) is 47.7 Å². The highest BCUT2D eigenvalue weighted by Crippen LogP contribution is 2.28. The Hall–Kier alpha value is -2.40. The number of hydrogen-bond donors (Lipinski definition) is 2. The van der Waals surface area contributed by atoms with E-state index in [1.807, 2.05) is 22.6 Å². The molecule has 148 valence electrons. The van der Waals surface area contributed by atoms with Crippen molar-refractivity contribution < 1.29 is 14.2 Å². The smallest absolute Gasteiger partial charge is 0.256 e. The highest BCUT2D eigenvalue weighted by Gasteiger charge is 2.20. The topological polar surface area (TPSA) is 85.5 Å². The highest BCUT2D eigenvalue weighted by molar-refractivity contribution is 14.1. The van der Waals surface area contributed by atoms with Crippen molar-refractivity contribution in [1.82, 2.24) is 9.13 Å². The molecular weight excluding hydrogens is 480 g/mol. The summed E-state index contributed by atoms with van der Waals surface area (Å²) in [5.74, 6) is -0.460. The lowest BCUT2D eigenvalue weighted by atomic mass is 10.1. The molecule has 2 N–H and O–H groups in total. The van der Waals surface area contributed by atoms with E-state index in [2.05, 4.69) is 5.32 Å². The number of hydrogen-bond acceptors (Lipinski definition) is 5. The van der Waals surface area contributed by atoms with Gasteiger partial charge in [0.25, 0.3) is 5.56 Å². The van der Waals surface area contributed by atoms with Gasteiger partial charge >= 0.3 is 0 Å². The largest absolute Gasteiger partial charge is 0.486 e. The Morgan fingerprint density at radius 2 is 2.00 bits per heavy atom. The zero-order chi connectivity index (χ0) is 20.6. The van der Waals surface area contributed by atoms with E-state index in [4.69, 9.17) is 9.84 Å². The van der Waals surface area contributed by atoms with Crippen LogP contribution in [0.4, 0.5) is 15.8 Å². The van der Waals surface area contributed by atoms with Crippen molar-refractivity contribution in [2.45, 2.75) is 6.92 Å². The van der Waals surface area contributed by atoms with Crippen LogP contribution in [0.25, 0.3) is 11.0 Å². The van der Waals surface area contributed by atoms with Crippen LogP contribution in [0.1, 0.15) is 5.56 Å². The number of aliphatic hydroxyl groups is 1. The molecule has 3 rings (SSSR count). The summed E-state index contributed by atoms with van der Waals surface area (Å²) in [5.41, 5.74) is 0.276. The summed E-state index contributed by atoms with van der Waals surface area (Å²) < 4.78 is 23.4. The number of ether oxygens (including phenoxy) is 1. The molecule has 2 aromatic heterocycles. The van der Waals surface area contributed by atoms with Gasteiger partial charge in [0.1, 0.15) is 18.1 Å². The van der Waals surface area contributed by atoms with Crippen LogP contribution in [-0.4, -0.2) is 27.5 Å². The number of nitrogens with zero attached hydrogens (tertiary/aromatic N) is 2. The molecule has 0 saturated carbocycles. The lowest BCUT2D eigenvalue weighted by Gasteiger charge is -2.18. The molecule has 28 heavy (non-hydrogen) atoms. The van der Waals surface area contributed by atoms with Crippen molar-refractivity contribution in [1.29, 1.82) is 0 Å². The van der Waals surface area contributed by atoms with Crippen LogP contribution in [0.2, 0.25) is 0 Å². The quantitative estimate of drug-likeness (QED) is 0.527. The van der Waals surface area contributed by atoms with E-state index in [-0.39, 0.29) is 46.8 Å². The van der Waals surface area contributed by atoms with E-state index in [1.54, 1.807) is 37.7 Å². The first-order valence-electron chi connectivity index (χ1n) is 8.45. The standard InChI is InChI=1S/C19H19FIN3O4/c1-10-16(22-13-5-4-11(21)8-12(13)20)15-17(26)14(28-7-6-25)9-23(2)18(15)24(3)19(10)27/h4-5,8-9,22,25H,6-7H2,1-3H3. The van der Waals surface area contributed by atoms with E-state index in [0.29, 0.717) is 5.65 Å². The molecule has 3 aromatic rings. The number of nitrogens with one attached hydrogen (secondary N) is 1. The van der Waals surface area contributed by atoms with Crippen molar-refractivity contribution in [3.05, 3.63) is 59.9 Å². The molecule has 0 saturated heterocycles. The summed E-state index contributed by atoms with van der Waals surface area (Å²) in [6.45, 7) is 1.29. The van der Waals surface area contributed by atoms with Crippen LogP contribution in [0.5, 0.6) is 5.75 Å². The van der Waals surface area contributed by atoms with Crippen molar-refractivity contribution in [2.24, 2.45) is 14.1 Å². The Labute approximate surface area is 173 Å². The third-order valence-electron chi connectivity index (χ3n) is 4.43. The predicted molar refractivity (Wildman–Crippen MR) is 114 cm³/mol. The molecule has 0 aliphatic carbocycles. The second-order valence-electron chi connectivity index (χ2n) is 6.32. The molecule has 9 heteroatoms. The predicted octanol–water partition coefficient (Wildman–Crippen LogP) is 2.40. The van der Waals surface area contributed by atoms with Crippen molar-refractivity contribution in [3.63, 3.8) is 0 Å². The SMILES string of the molecule is Cc1c(Nc2ccc(I)cc2F)c2c(=O)c(OCCO)cn(C)c2n(C)c1=O. The number of aryl methyl sites for hydroxylation is 2. The fourth-order valence-corrected chi connectivity index (χ4v) is 3.56. The second-order valence-corrected chi connectivity index (χ2v) is 7.56. The maximum atomic E-state index is 14.4. The number of halogens is 2. The summed E-state index contributed by atoms with van der Waals surface area (Å²) in [5, 5.41) is 12.1. The van der Waals surface area contributed by atoms with Crippen LogP contribution in [0.3, 0.4) is 0 Å². The number of pyridine rings is 2. The first-order chi connectivity index (χ1) is 13.3. The van der Waals surface area contributed by atoms with Crippen LogP contribution >= 0.6 is 22.6 Å². The van der Waals surface area contributed by atoms with Gasteiger partial charge in [0, 0.05) is 23.2 Å². The van der Waals surface area contributed by atoms with Crippen LogP contribution in [0, 0.1) is 16.3 Å². The zero-order valence-corrected chi connectivity index (χ0v) is 17.7. The number of aliphatic hydroxyl groups excluding tert-OH is 1. The third kappa shape index (κ3) is 3.51. The van der Waals surface area contributed by atoms with E-state index >= 15 is 0 Å². The van der Waals surface area contributed by atoms with Gasteiger partial charge in [-0.3, -0.25) is 14.2 Å². The average molecular weight is 499 g/mol. The summed E-state index contributed by atoms with van der Waals surface area (Å²) in [7, 11) is 3.25. The Morgan fingerprint density at radius 3 is 2.64 bits per heavy atom. The molecule has 0 aliphatic rings. The molecule has 0 unspecified atom stereocenters. The normalized spacial score (nSPS) is 11.1. The molecule has 0 fully saturated rings. The molecule has 0 amide bonds. The number of fused-ring (bicyclic) bond motifs is 1. The van der Waals surface area contributed by atoms with Crippen molar-refractivity contribution in [2.75, 3.05) is 18.5 Å². The summed E-state index contributed by atoms with van der Waals surface area (Å²) in [6, 6.07) is 4.63. The van der Waals surface area contributed by atoms with Crippen LogP contribution in [-0.2, 0) is 14.1 Å². The van der Waals surface area contributed by atoms with E-state index in [1.165, 1.54) is 16.8 Å². The third-order valence-corrected chi connectivity index (χ3v) is 5.10. The maximum Gasteiger partial charge on any atom is 0.256 e. The second kappa shape index (κ2) is 7.92. The maximum absolute atomic E-state index is 14.4. The molecule has 0 bridgehead atoms. The van der Waals surface area contributed by atoms with Gasteiger partial charge in [-0.15, -0.1) is 0 Å². The van der Waals surface area contributed by atoms with Crippen molar-refractivity contribution in [3.8, 4) is 5.75 Å². The Balaban J connectivity index is 2.35. The fourth-order valence-electron chi connectivity index (χ4n) is 3.11. The Bertz CT molecular complexity index is 1190. The zero-order valence-electron chi connectivity index (χ0n) is 15.5. The summed E-state index contributed by atoms with van der Waals surface area (Å²) in [6.07, 6.45) is 1.46. The van der Waals surface area contributed by atoms with Gasteiger partial charge < -0.3 is 19.7 Å². The minimum atomic E-state index is -0.496. The average Bonchev–Trinajstić information content (AvgIpc) is 2.65. The van der Waals surface area contributed by atoms with Crippen LogP contribution < -0.4 is 21.0 Å². The van der Waals surface area contributed by atoms with Gasteiger partial charge in [0.2, 0.25) is 5.43 Å². The summed E-state index contributed by atoms with van der Waals surface area (Å²) >= 11 is 2.00. The van der Waals surface area contributed by atoms with E-state index in [0.717, 1.165) is 3.57 Å². The van der Waals surface area contributed by atoms with Gasteiger partial charge in [-0.2, -0.15) is 0 Å². The monoisotopic (exact) mass is 499 g/mol. The number of anilines is 2. The van der Waals surface area contributed by atoms with Gasteiger partial charge in [-0.1, -0.05) is 0 Å². The van der Waals surface area contributed by atoms with Crippen molar-refractivity contribution >= 4 is 45.0 Å². The molecule has 0 radical (unpaired) electrons. The minimum absolute atomic E-state index is 0.0354.